The van der Waals surface area contributed by atoms with E-state index in [1.165, 1.54) is 6.20 Å². The van der Waals surface area contributed by atoms with Crippen molar-refractivity contribution in [1.82, 2.24) is 10.8 Å². The Bertz CT molecular complexity index is 919. The third-order valence-electron chi connectivity index (χ3n) is 4.84. The van der Waals surface area contributed by atoms with Crippen LogP contribution in [0.1, 0.15) is 39.0 Å². The Kier molecular flexibility index (Phi) is 11.1. The second-order valence-corrected chi connectivity index (χ2v) is 7.36. The molecular weight excluding hydrogens is 418 g/mol. The predicted molar refractivity (Wildman–Crippen MR) is 132 cm³/mol. The van der Waals surface area contributed by atoms with E-state index in [2.05, 4.69) is 22.0 Å². The number of amides is 2. The number of carbonyl (C=O) groups is 2. The lowest BCUT2D eigenvalue weighted by atomic mass is 10.1. The van der Waals surface area contributed by atoms with Crippen molar-refractivity contribution in [2.75, 3.05) is 11.4 Å². The highest BCUT2D eigenvalue weighted by Gasteiger charge is 2.14. The first-order chi connectivity index (χ1) is 16.1. The van der Waals surface area contributed by atoms with Crippen LogP contribution in [0.15, 0.2) is 82.4 Å². The summed E-state index contributed by atoms with van der Waals surface area (Å²) in [6, 6.07) is 19.4. The Labute approximate surface area is 194 Å². The molecule has 3 N–H and O–H groups in total. The van der Waals surface area contributed by atoms with Gasteiger partial charge in [-0.05, 0) is 50.7 Å². The first-order valence-corrected chi connectivity index (χ1v) is 10.9. The number of benzene rings is 2. The van der Waals surface area contributed by atoms with Crippen LogP contribution < -0.4 is 15.7 Å². The molecular formula is C25H31N5O3. The Hall–Kier alpha value is -3.78. The van der Waals surface area contributed by atoms with Crippen molar-refractivity contribution in [3.8, 4) is 0 Å². The fourth-order valence-corrected chi connectivity index (χ4v) is 3.08. The van der Waals surface area contributed by atoms with Gasteiger partial charge in [0.25, 0.3) is 0 Å². The highest BCUT2D eigenvalue weighted by atomic mass is 16.5. The smallest absolute Gasteiger partial charge is 0.248 e. The van der Waals surface area contributed by atoms with E-state index in [-0.39, 0.29) is 11.8 Å². The van der Waals surface area contributed by atoms with Crippen LogP contribution in [0, 0.1) is 0 Å². The van der Waals surface area contributed by atoms with E-state index < -0.39 is 0 Å². The molecule has 0 atom stereocenters. The maximum absolute atomic E-state index is 12.4. The average Bonchev–Trinajstić information content (AvgIpc) is 2.86. The molecule has 2 amide bonds. The number of guanidine groups is 1. The Morgan fingerprint density at radius 2 is 1.55 bits per heavy atom. The molecule has 0 bridgehead atoms. The molecule has 0 unspecified atom stereocenters. The molecule has 33 heavy (non-hydrogen) atoms. The van der Waals surface area contributed by atoms with Crippen molar-refractivity contribution in [3.05, 3.63) is 72.4 Å². The van der Waals surface area contributed by atoms with Gasteiger partial charge >= 0.3 is 0 Å². The molecule has 2 aromatic carbocycles. The first-order valence-electron chi connectivity index (χ1n) is 10.9. The monoisotopic (exact) mass is 449 g/mol. The van der Waals surface area contributed by atoms with Crippen molar-refractivity contribution in [1.29, 1.82) is 0 Å². The number of hydroxylamine groups is 1. The molecule has 0 aromatic heterocycles. The Balaban J connectivity index is 1.98. The van der Waals surface area contributed by atoms with Gasteiger partial charge in [0.05, 0.1) is 0 Å². The molecule has 174 valence electrons. The maximum atomic E-state index is 12.4. The van der Waals surface area contributed by atoms with Crippen molar-refractivity contribution in [2.45, 2.75) is 39.0 Å². The Morgan fingerprint density at radius 3 is 2.09 bits per heavy atom. The van der Waals surface area contributed by atoms with Crippen LogP contribution in [0.2, 0.25) is 0 Å². The van der Waals surface area contributed by atoms with E-state index in [1.54, 1.807) is 12.4 Å². The van der Waals surface area contributed by atoms with Crippen LogP contribution in [0.25, 0.3) is 0 Å². The van der Waals surface area contributed by atoms with E-state index in [0.29, 0.717) is 30.9 Å². The van der Waals surface area contributed by atoms with Gasteiger partial charge in [0.2, 0.25) is 17.8 Å². The lowest BCUT2D eigenvalue weighted by Crippen LogP contribution is -2.26. The summed E-state index contributed by atoms with van der Waals surface area (Å²) in [6.07, 6.45) is 5.03. The summed E-state index contributed by atoms with van der Waals surface area (Å²) >= 11 is 0. The van der Waals surface area contributed by atoms with E-state index in [0.717, 1.165) is 30.6 Å². The van der Waals surface area contributed by atoms with E-state index in [1.807, 2.05) is 65.6 Å². The van der Waals surface area contributed by atoms with Gasteiger partial charge < -0.3 is 5.32 Å². The van der Waals surface area contributed by atoms with Crippen LogP contribution >= 0.6 is 0 Å². The van der Waals surface area contributed by atoms with Gasteiger partial charge in [-0.2, -0.15) is 0 Å². The minimum absolute atomic E-state index is 0.201. The normalized spacial score (nSPS) is 11.6. The van der Waals surface area contributed by atoms with Gasteiger partial charge in [-0.1, -0.05) is 49.2 Å². The first kappa shape index (κ1) is 25.5. The van der Waals surface area contributed by atoms with Crippen LogP contribution in [0.5, 0.6) is 0 Å². The van der Waals surface area contributed by atoms with Gasteiger partial charge in [0, 0.05) is 36.1 Å². The van der Waals surface area contributed by atoms with Crippen LogP contribution in [0.3, 0.4) is 0 Å². The minimum atomic E-state index is -0.379. The molecule has 0 aliphatic heterocycles. The summed E-state index contributed by atoms with van der Waals surface area (Å²) in [6.45, 7) is 5.90. The molecule has 0 saturated carbocycles. The molecule has 2 aromatic rings. The largest absolute Gasteiger partial charge is 0.352 e. The molecule has 8 nitrogen and oxygen atoms in total. The zero-order chi connectivity index (χ0) is 23.9. The number of unbranched alkanes of at least 4 members (excludes halogenated alkanes) is 3. The molecule has 0 spiro atoms. The van der Waals surface area contributed by atoms with E-state index in [4.69, 9.17) is 5.21 Å². The maximum Gasteiger partial charge on any atom is 0.248 e. The SMILES string of the molecule is C=NC(=N/C=C(\C)C(=O)NCCCCCCC(=O)NO)N(c1ccccc1)c1ccccc1. The van der Waals surface area contributed by atoms with Crippen molar-refractivity contribution < 1.29 is 14.8 Å². The molecule has 0 radical (unpaired) electrons. The fraction of sp³-hybridized carbons (Fsp3) is 0.280. The number of rotatable bonds is 11. The summed E-state index contributed by atoms with van der Waals surface area (Å²) in [4.78, 5) is 33.7. The molecule has 2 rings (SSSR count). The molecule has 8 heteroatoms. The highest BCUT2D eigenvalue weighted by molar-refractivity contribution is 6.05. The van der Waals surface area contributed by atoms with E-state index >= 15 is 0 Å². The molecule has 0 saturated heterocycles. The van der Waals surface area contributed by atoms with E-state index in [9.17, 15) is 9.59 Å². The average molecular weight is 450 g/mol. The number of nitrogens with one attached hydrogen (secondary N) is 2. The molecule has 0 aliphatic carbocycles. The third-order valence-corrected chi connectivity index (χ3v) is 4.84. The molecule has 0 aliphatic rings. The Morgan fingerprint density at radius 1 is 0.970 bits per heavy atom. The number of hydrogen-bond acceptors (Lipinski definition) is 4. The van der Waals surface area contributed by atoms with Gasteiger partial charge in [-0.3, -0.25) is 19.7 Å². The van der Waals surface area contributed by atoms with Crippen molar-refractivity contribution >= 4 is 35.9 Å². The highest BCUT2D eigenvalue weighted by Crippen LogP contribution is 2.26. The number of aliphatic imine (C=N–C) groups is 2. The molecule has 0 heterocycles. The predicted octanol–water partition coefficient (Wildman–Crippen LogP) is 4.36. The number of hydrogen-bond donors (Lipinski definition) is 3. The second-order valence-electron chi connectivity index (χ2n) is 7.36. The lowest BCUT2D eigenvalue weighted by molar-refractivity contribution is -0.129. The summed E-state index contributed by atoms with van der Waals surface area (Å²) in [5, 5.41) is 11.3. The molecule has 0 fully saturated rings. The zero-order valence-corrected chi connectivity index (χ0v) is 18.9. The fourth-order valence-electron chi connectivity index (χ4n) is 3.08. The number of para-hydroxylation sites is 2. The summed E-state index contributed by atoms with van der Waals surface area (Å²) in [7, 11) is 0. The van der Waals surface area contributed by atoms with Gasteiger partial charge in [-0.15, -0.1) is 0 Å². The standard InChI is InChI=1S/C25H31N5O3/c1-20(24(32)27-18-12-4-3-11-17-23(31)29-33)19-28-25(26-2)30(21-13-7-5-8-14-21)22-15-9-6-10-16-22/h5-10,13-16,19,33H,2-4,11-12,17-18H2,1H3,(H,27,32)(H,29,31)/b20-19+,28-25?. The number of nitrogens with zero attached hydrogens (tertiary/aromatic N) is 3. The minimum Gasteiger partial charge on any atom is -0.352 e. The second kappa shape index (κ2) is 14.3. The lowest BCUT2D eigenvalue weighted by Gasteiger charge is -2.23. The number of carbonyl (C=O) groups excluding carboxylic acids is 2. The van der Waals surface area contributed by atoms with Gasteiger partial charge in [-0.25, -0.2) is 15.5 Å². The zero-order valence-electron chi connectivity index (χ0n) is 18.9. The van der Waals surface area contributed by atoms with Crippen molar-refractivity contribution in [2.24, 2.45) is 9.98 Å². The topological polar surface area (TPSA) is 106 Å². The van der Waals surface area contributed by atoms with Gasteiger partial charge in [0.15, 0.2) is 0 Å². The van der Waals surface area contributed by atoms with Crippen LogP contribution in [0.4, 0.5) is 11.4 Å². The quantitative estimate of drug-likeness (QED) is 0.118. The summed E-state index contributed by atoms with van der Waals surface area (Å²) < 4.78 is 0. The van der Waals surface area contributed by atoms with Crippen LogP contribution in [-0.2, 0) is 9.59 Å². The third kappa shape index (κ3) is 8.70. The van der Waals surface area contributed by atoms with Gasteiger partial charge in [0.1, 0.15) is 0 Å². The summed E-state index contributed by atoms with van der Waals surface area (Å²) in [5.41, 5.74) is 3.83. The van der Waals surface area contributed by atoms with Crippen LogP contribution in [-0.4, -0.2) is 36.2 Å². The van der Waals surface area contributed by atoms with Crippen molar-refractivity contribution in [3.63, 3.8) is 0 Å². The summed E-state index contributed by atoms with van der Waals surface area (Å²) in [5.74, 6) is -0.227. The number of anilines is 2.